The zero-order valence-electron chi connectivity index (χ0n) is 8.78. The largest absolute Gasteiger partial charge is 0.408 e. The average Bonchev–Trinajstić information content (AvgIpc) is 2.62. The van der Waals surface area contributed by atoms with Gasteiger partial charge in [0.15, 0.2) is 11.8 Å². The highest BCUT2D eigenvalue weighted by molar-refractivity contribution is 5.91. The van der Waals surface area contributed by atoms with Crippen LogP contribution in [-0.2, 0) is 6.54 Å². The summed E-state index contributed by atoms with van der Waals surface area (Å²) in [4.78, 5) is 3.11. The van der Waals surface area contributed by atoms with Crippen LogP contribution in [0, 0.1) is 0 Å². The highest BCUT2D eigenvalue weighted by Gasteiger charge is 2.26. The third-order valence-corrected chi connectivity index (χ3v) is 1.65. The van der Waals surface area contributed by atoms with Gasteiger partial charge in [0, 0.05) is 12.3 Å². The lowest BCUT2D eigenvalue weighted by atomic mass is 10.6. The number of aliphatic hydroxyl groups excluding tert-OH is 1. The molecular formula is C8H12F3N5O. The van der Waals surface area contributed by atoms with E-state index in [9.17, 15) is 13.2 Å². The van der Waals surface area contributed by atoms with Gasteiger partial charge in [0.2, 0.25) is 0 Å². The molecule has 0 saturated carbocycles. The summed E-state index contributed by atoms with van der Waals surface area (Å²) in [5.41, 5.74) is 5.24. The second-order valence-corrected chi connectivity index (χ2v) is 3.13. The van der Waals surface area contributed by atoms with Crippen LogP contribution in [0.25, 0.3) is 0 Å². The maximum atomic E-state index is 11.8. The number of hydrogen-bond acceptors (Lipinski definition) is 3. The van der Waals surface area contributed by atoms with Crippen molar-refractivity contribution in [2.75, 3.05) is 18.5 Å². The second-order valence-electron chi connectivity index (χ2n) is 3.13. The number of halogens is 3. The van der Waals surface area contributed by atoms with Crippen LogP contribution in [0.3, 0.4) is 0 Å². The normalized spacial score (nSPS) is 12.8. The Morgan fingerprint density at radius 3 is 2.88 bits per heavy atom. The van der Waals surface area contributed by atoms with Crippen LogP contribution in [0.2, 0.25) is 0 Å². The third-order valence-electron chi connectivity index (χ3n) is 1.65. The van der Waals surface area contributed by atoms with E-state index in [2.05, 4.69) is 15.4 Å². The van der Waals surface area contributed by atoms with E-state index >= 15 is 0 Å². The van der Waals surface area contributed by atoms with Gasteiger partial charge in [-0.1, -0.05) is 0 Å². The minimum atomic E-state index is -4.39. The number of rotatable bonds is 4. The summed E-state index contributed by atoms with van der Waals surface area (Å²) in [7, 11) is 0. The summed E-state index contributed by atoms with van der Waals surface area (Å²) < 4.78 is 36.9. The van der Waals surface area contributed by atoms with Gasteiger partial charge in [0.1, 0.15) is 6.54 Å². The number of hydrogen-bond donors (Lipinski definition) is 3. The molecule has 4 N–H and O–H groups in total. The van der Waals surface area contributed by atoms with Crippen LogP contribution in [0.5, 0.6) is 0 Å². The van der Waals surface area contributed by atoms with Gasteiger partial charge in [-0.2, -0.15) is 18.3 Å². The van der Waals surface area contributed by atoms with Crippen molar-refractivity contribution in [2.45, 2.75) is 12.7 Å². The smallest absolute Gasteiger partial charge is 0.394 e. The maximum absolute atomic E-state index is 11.8. The molecule has 1 heterocycles. The molecule has 0 aliphatic heterocycles. The zero-order chi connectivity index (χ0) is 12.9. The molecule has 1 rings (SSSR count). The van der Waals surface area contributed by atoms with Crippen molar-refractivity contribution in [2.24, 2.45) is 10.7 Å². The molecule has 0 amide bonds. The highest BCUT2D eigenvalue weighted by Crippen LogP contribution is 2.14. The second kappa shape index (κ2) is 5.53. The Morgan fingerprint density at radius 1 is 1.59 bits per heavy atom. The Bertz CT molecular complexity index is 387. The summed E-state index contributed by atoms with van der Waals surface area (Å²) in [6.07, 6.45) is -2.84. The summed E-state index contributed by atoms with van der Waals surface area (Å²) in [6.45, 7) is -1.14. The minimum Gasteiger partial charge on any atom is -0.394 e. The molecule has 0 unspecified atom stereocenters. The molecular weight excluding hydrogens is 239 g/mol. The van der Waals surface area contributed by atoms with Crippen molar-refractivity contribution >= 4 is 11.8 Å². The van der Waals surface area contributed by atoms with E-state index in [1.54, 1.807) is 6.20 Å². The first-order valence-corrected chi connectivity index (χ1v) is 4.69. The quantitative estimate of drug-likeness (QED) is 0.525. The number of alkyl halides is 3. The Hall–Kier alpha value is -1.77. The van der Waals surface area contributed by atoms with E-state index in [1.807, 2.05) is 0 Å². The molecule has 0 aliphatic rings. The predicted molar refractivity (Wildman–Crippen MR) is 55.5 cm³/mol. The van der Waals surface area contributed by atoms with Crippen molar-refractivity contribution < 1.29 is 18.3 Å². The van der Waals surface area contributed by atoms with Crippen LogP contribution in [0.1, 0.15) is 0 Å². The summed E-state index contributed by atoms with van der Waals surface area (Å²) >= 11 is 0. The summed E-state index contributed by atoms with van der Waals surface area (Å²) in [5.74, 6) is -0.0987. The van der Waals surface area contributed by atoms with E-state index in [1.165, 1.54) is 10.7 Å². The van der Waals surface area contributed by atoms with Gasteiger partial charge in [-0.15, -0.1) is 0 Å². The molecule has 0 spiro atoms. The molecule has 96 valence electrons. The van der Waals surface area contributed by atoms with E-state index in [4.69, 9.17) is 10.8 Å². The highest BCUT2D eigenvalue weighted by atomic mass is 19.4. The molecule has 0 fully saturated rings. The number of nitrogens with two attached hydrogens (primary N) is 1. The van der Waals surface area contributed by atoms with Crippen molar-refractivity contribution in [1.82, 2.24) is 9.78 Å². The molecule has 6 nitrogen and oxygen atoms in total. The standard InChI is InChI=1S/C8H12F3N5O/c9-8(10,11)5-13-7(12)14-6-1-2-16(15-6)3-4-17/h1-2,17H,3-5H2,(H3,12,13,14,15). The van der Waals surface area contributed by atoms with Gasteiger partial charge in [-0.25, -0.2) is 4.99 Å². The fourth-order valence-corrected chi connectivity index (χ4v) is 1.00. The van der Waals surface area contributed by atoms with Crippen LogP contribution in [-0.4, -0.2) is 40.2 Å². The first kappa shape index (κ1) is 13.3. The monoisotopic (exact) mass is 251 g/mol. The Balaban J connectivity index is 2.52. The summed E-state index contributed by atoms with van der Waals surface area (Å²) in [6, 6.07) is 1.51. The van der Waals surface area contributed by atoms with E-state index in [0.717, 1.165) is 0 Å². The molecule has 0 bridgehead atoms. The fourth-order valence-electron chi connectivity index (χ4n) is 1.00. The van der Waals surface area contributed by atoms with Crippen LogP contribution >= 0.6 is 0 Å². The molecule has 1 aromatic heterocycles. The number of nitrogens with one attached hydrogen (secondary N) is 1. The summed E-state index contributed by atoms with van der Waals surface area (Å²) in [5, 5.41) is 14.9. The SMILES string of the molecule is N/C(=N/CC(F)(F)F)Nc1ccn(CCO)n1. The Kier molecular flexibility index (Phi) is 4.32. The minimum absolute atomic E-state index is 0.0846. The van der Waals surface area contributed by atoms with Gasteiger partial charge in [0.25, 0.3) is 0 Å². The lowest BCUT2D eigenvalue weighted by Gasteiger charge is -2.04. The van der Waals surface area contributed by atoms with Crippen LogP contribution in [0.4, 0.5) is 19.0 Å². The zero-order valence-corrected chi connectivity index (χ0v) is 8.78. The van der Waals surface area contributed by atoms with E-state index in [0.29, 0.717) is 6.54 Å². The molecule has 0 atom stereocenters. The molecule has 0 aliphatic carbocycles. The Morgan fingerprint density at radius 2 is 2.29 bits per heavy atom. The number of aliphatic hydroxyl groups is 1. The number of anilines is 1. The Labute approximate surface area is 94.9 Å². The van der Waals surface area contributed by atoms with Crippen molar-refractivity contribution in [3.63, 3.8) is 0 Å². The first-order chi connectivity index (χ1) is 7.90. The van der Waals surface area contributed by atoms with Crippen molar-refractivity contribution in [3.8, 4) is 0 Å². The van der Waals surface area contributed by atoms with Crippen molar-refractivity contribution in [1.29, 1.82) is 0 Å². The van der Waals surface area contributed by atoms with E-state index < -0.39 is 12.7 Å². The molecule has 0 saturated heterocycles. The number of aromatic nitrogens is 2. The van der Waals surface area contributed by atoms with Crippen molar-refractivity contribution in [3.05, 3.63) is 12.3 Å². The van der Waals surface area contributed by atoms with Crippen LogP contribution in [0.15, 0.2) is 17.3 Å². The van der Waals surface area contributed by atoms with Gasteiger partial charge in [0.05, 0.1) is 13.2 Å². The maximum Gasteiger partial charge on any atom is 0.408 e. The predicted octanol–water partition coefficient (Wildman–Crippen LogP) is 0.164. The van der Waals surface area contributed by atoms with Gasteiger partial charge in [-0.05, 0) is 0 Å². The molecule has 0 radical (unpaired) electrons. The third kappa shape index (κ3) is 5.20. The lowest BCUT2D eigenvalue weighted by Crippen LogP contribution is -2.25. The number of nitrogens with zero attached hydrogens (tertiary/aromatic N) is 3. The number of aliphatic imine (C=N–C) groups is 1. The van der Waals surface area contributed by atoms with Gasteiger partial charge in [-0.3, -0.25) is 4.68 Å². The molecule has 0 aromatic carbocycles. The lowest BCUT2D eigenvalue weighted by molar-refractivity contribution is -0.118. The molecule has 9 heteroatoms. The van der Waals surface area contributed by atoms with Gasteiger partial charge < -0.3 is 16.2 Å². The fraction of sp³-hybridized carbons (Fsp3) is 0.500. The average molecular weight is 251 g/mol. The molecule has 17 heavy (non-hydrogen) atoms. The number of guanidine groups is 1. The van der Waals surface area contributed by atoms with Crippen LogP contribution < -0.4 is 11.1 Å². The molecule has 1 aromatic rings. The van der Waals surface area contributed by atoms with E-state index in [-0.39, 0.29) is 18.4 Å². The topological polar surface area (TPSA) is 88.5 Å². The first-order valence-electron chi connectivity index (χ1n) is 4.69. The van der Waals surface area contributed by atoms with Gasteiger partial charge >= 0.3 is 6.18 Å².